The first-order chi connectivity index (χ1) is 60.9. The van der Waals surface area contributed by atoms with Crippen LogP contribution in [0.1, 0.15) is 118 Å². The van der Waals surface area contributed by atoms with Gasteiger partial charge in [-0.15, -0.1) is 0 Å². The van der Waals surface area contributed by atoms with Crippen molar-refractivity contribution in [2.24, 2.45) is 11.5 Å². The minimum Gasteiger partial charge on any atom is -0.715 e. The van der Waals surface area contributed by atoms with Gasteiger partial charge in [0.05, 0.1) is 166 Å². The molecule has 8 unspecified atom stereocenters. The van der Waals surface area contributed by atoms with Crippen molar-refractivity contribution < 1.29 is 329 Å². The van der Waals surface area contributed by atoms with Crippen molar-refractivity contribution in [2.75, 3.05) is 173 Å². The number of Topliss-reactive ketones (excluding diaryl/α,β-unsaturated/α-hetero) is 1. The van der Waals surface area contributed by atoms with Gasteiger partial charge in [0.2, 0.25) is 41.1 Å². The number of nitrogens with zero attached hydrogens (tertiary/aromatic N) is 2. The molecular weight excluding hydrogens is 2410 g/mol. The van der Waals surface area contributed by atoms with Gasteiger partial charge in [-0.2, -0.15) is 0 Å². The summed E-state index contributed by atoms with van der Waals surface area (Å²) >= 11 is 0. The Morgan fingerprint density at radius 3 is 1.10 bits per heavy atom. The van der Waals surface area contributed by atoms with Crippen LogP contribution in [0.2, 0.25) is 0 Å². The SMILES string of the molecule is C.CC(=O)NC(C)C(=O)NC1COCC1=O.CCOc1cc(OC)c(C=O)c(OC)c1.CCOc1cc(OC)c(CN(C(C)=O)C(C)C(=O)NC2COCC2(OC)OC)c(OC)c1.CCOc1cc(OC)c(CN(C(C)=O)C(C)C(=O)OC)c(OC)c1.CCOc1cc(OC)c(CNC(C)C(=O)OC)c(OC)c1.COC(=O)C(C)N.COC1(OC)COCC1N.OO.[Ac].[Ac].[Ac].[B-]O.[Na+]. The van der Waals surface area contributed by atoms with Crippen molar-refractivity contribution >= 4 is 67.6 Å². The van der Waals surface area contributed by atoms with Crippen LogP contribution in [0.5, 0.6) is 69.0 Å². The molecule has 43 nitrogen and oxygen atoms in total. The van der Waals surface area contributed by atoms with Gasteiger partial charge in [-0.3, -0.25) is 53.7 Å². The summed E-state index contributed by atoms with van der Waals surface area (Å²) in [5, 5.41) is 29.4. The zero-order valence-corrected chi connectivity index (χ0v) is 97.5. The van der Waals surface area contributed by atoms with E-state index in [1.807, 2.05) is 27.7 Å². The second-order valence-corrected chi connectivity index (χ2v) is 26.7. The molecular formula is C85H139Ac3BN8NaO35. The van der Waals surface area contributed by atoms with Crippen LogP contribution in [0.4, 0.5) is 0 Å². The third-order valence-corrected chi connectivity index (χ3v) is 18.7. The van der Waals surface area contributed by atoms with Gasteiger partial charge in [0.1, 0.15) is 131 Å². The smallest absolute Gasteiger partial charge is 0.715 e. The van der Waals surface area contributed by atoms with Gasteiger partial charge in [0, 0.05) is 236 Å². The number of carbonyl (C=O) groups is 10. The number of amides is 5. The van der Waals surface area contributed by atoms with Crippen LogP contribution in [-0.4, -0.2) is 326 Å². The van der Waals surface area contributed by atoms with Gasteiger partial charge in [-0.05, 0) is 62.3 Å². The number of benzene rings is 4. The molecule has 5 amide bonds. The summed E-state index contributed by atoms with van der Waals surface area (Å²) in [4.78, 5) is 118. The fourth-order valence-corrected chi connectivity index (χ4v) is 11.7. The molecule has 4 aromatic carbocycles. The summed E-state index contributed by atoms with van der Waals surface area (Å²) in [6.45, 7) is 24.1. The van der Waals surface area contributed by atoms with Crippen molar-refractivity contribution in [1.82, 2.24) is 31.1 Å². The van der Waals surface area contributed by atoms with Crippen LogP contribution in [0, 0.1) is 132 Å². The minimum atomic E-state index is -1.07. The van der Waals surface area contributed by atoms with E-state index in [4.69, 9.17) is 122 Å². The monoisotopic (exact) mass is 2550 g/mol. The molecule has 4 aromatic rings. The Hall–Kier alpha value is -5.55. The van der Waals surface area contributed by atoms with Gasteiger partial charge in [0.25, 0.3) is 0 Å². The van der Waals surface area contributed by atoms with E-state index in [9.17, 15) is 47.9 Å². The van der Waals surface area contributed by atoms with Crippen LogP contribution in [0.3, 0.4) is 0 Å². The average Bonchev–Trinajstić information content (AvgIpc) is 1.76. The van der Waals surface area contributed by atoms with Crippen LogP contribution in [-0.2, 0) is 110 Å². The number of nitrogens with two attached hydrogens (primary N) is 2. The van der Waals surface area contributed by atoms with Crippen LogP contribution < -0.4 is 119 Å². The minimum absolute atomic E-state index is 0. The van der Waals surface area contributed by atoms with Crippen LogP contribution >= 0.6 is 0 Å². The molecule has 7 rings (SSSR count). The molecule has 11 N–H and O–H groups in total. The summed E-state index contributed by atoms with van der Waals surface area (Å²) < 4.78 is 115. The first-order valence-electron chi connectivity index (χ1n) is 39.7. The van der Waals surface area contributed by atoms with Crippen LogP contribution in [0.15, 0.2) is 48.5 Å². The van der Waals surface area contributed by atoms with E-state index in [0.29, 0.717) is 138 Å². The summed E-state index contributed by atoms with van der Waals surface area (Å²) in [5.41, 5.74) is 13.2. The van der Waals surface area contributed by atoms with E-state index < -0.39 is 59.8 Å². The van der Waals surface area contributed by atoms with Crippen LogP contribution in [0.25, 0.3) is 0 Å². The van der Waals surface area contributed by atoms with Gasteiger partial charge < -0.3 is 160 Å². The Kier molecular flexibility index (Phi) is 82.7. The molecule has 8 atom stereocenters. The van der Waals surface area contributed by atoms with Crippen molar-refractivity contribution in [3.8, 4) is 69.0 Å². The third kappa shape index (κ3) is 47.3. The Morgan fingerprint density at radius 1 is 0.489 bits per heavy atom. The third-order valence-electron chi connectivity index (χ3n) is 18.7. The number of ether oxygens (including phenoxy) is 22. The van der Waals surface area contributed by atoms with Crippen molar-refractivity contribution in [1.29, 1.82) is 0 Å². The molecule has 0 spiro atoms. The number of hydrogen-bond donors (Lipinski definition) is 9. The van der Waals surface area contributed by atoms with Gasteiger partial charge in [-0.25, -0.2) is 4.79 Å². The largest absolute Gasteiger partial charge is 1.00 e. The van der Waals surface area contributed by atoms with E-state index in [0.717, 1.165) is 5.56 Å². The number of aldehydes is 1. The quantitative estimate of drug-likeness (QED) is 0.00578. The van der Waals surface area contributed by atoms with Gasteiger partial charge in [-0.1, -0.05) is 7.43 Å². The van der Waals surface area contributed by atoms with Crippen molar-refractivity contribution in [3.05, 3.63) is 70.8 Å². The fourth-order valence-electron chi connectivity index (χ4n) is 11.7. The number of nitrogens with one attached hydrogen (secondary N) is 4. The molecule has 133 heavy (non-hydrogen) atoms. The summed E-state index contributed by atoms with van der Waals surface area (Å²) in [5.74, 6) is 2.02. The number of hydrogen-bond acceptors (Lipinski definition) is 38. The molecule has 0 aromatic heterocycles. The summed E-state index contributed by atoms with van der Waals surface area (Å²) in [6, 6.07) is 9.48. The van der Waals surface area contributed by atoms with E-state index in [2.05, 4.69) is 38.8 Å². The molecule has 742 valence electrons. The predicted molar refractivity (Wildman–Crippen MR) is 472 cm³/mol. The molecule has 3 saturated heterocycles. The molecule has 3 aliphatic rings. The molecule has 48 heteroatoms. The Bertz CT molecular complexity index is 3920. The van der Waals surface area contributed by atoms with E-state index in [-0.39, 0.29) is 262 Å². The Labute approximate surface area is 911 Å². The summed E-state index contributed by atoms with van der Waals surface area (Å²) in [7, 11) is 25.8. The molecule has 3 aliphatic heterocycles. The number of esters is 3. The number of carbonyl (C=O) groups excluding carboxylic acids is 10. The Morgan fingerprint density at radius 2 is 0.827 bits per heavy atom. The number of rotatable bonds is 38. The van der Waals surface area contributed by atoms with Crippen molar-refractivity contribution in [3.63, 3.8) is 0 Å². The zero-order valence-electron chi connectivity index (χ0n) is 81.3. The summed E-state index contributed by atoms with van der Waals surface area (Å²) in [6.07, 6.45) is 0.702. The second kappa shape index (κ2) is 78.3. The van der Waals surface area contributed by atoms with Crippen molar-refractivity contribution in [2.45, 2.75) is 170 Å². The maximum Gasteiger partial charge on any atom is 1.00 e. The maximum absolute atomic E-state index is 13.0. The first kappa shape index (κ1) is 140. The predicted octanol–water partition coefficient (Wildman–Crippen LogP) is 1.18. The number of ketones is 1. The number of methoxy groups -OCH3 is 15. The molecule has 6 radical (unpaired) electrons. The van der Waals surface area contributed by atoms with Gasteiger partial charge >= 0.3 is 47.5 Å². The molecule has 0 bridgehead atoms. The zero-order chi connectivity index (χ0) is 98.1. The second-order valence-electron chi connectivity index (χ2n) is 26.7. The standard InChI is InChI=1S/C22H34N2O8.C17H25NO6.C15H23NO5.C11H14O4.C9H14N2O4.C6H13NO3.C4H9NO2.CH4.3Ac.BHO.Na.H2O2/c1-8-32-16-9-18(27-4)17(19(10-16)28-5)11-24(15(3)25)14(2)21(26)23-20-12-31-13-22(20,29-6)30-7;1-7-24-13-8-15(21-4)14(16(9-13)22-5)10-18(12(3)19)11(2)17(20)23-6;1-6-21-11-7-13(18-3)12(14(8-11)19-4)9-16-10(2)15(17)20-5;1-4-15-8-5-10(13-2)9(7-12)11(6-8)14-3;1-5(10-6(2)12)9(14)11-7-3-15-4-8(7)13;1-8-6(9-2)4-10-3-5(6)7;1-3(5)4(6)7-2;;;;;1-2;;1-2/h9-10,14,20H,8,11-13H2,1-7H3,(H,23,26);8-9,11H,7,10H2,1-6H3;7-8,10,16H,6,9H2,1-5H3;5-7H,4H2,1-3H3;5,7H,3-4H2,1-2H3,(H,10,12)(H,11,14);5H,3-4,7H2,1-2H3;3H,5H2,1-2H3;1H4;;;;2H;;1-2H/q;;;;;;;;;;;-1;+1;. The molecule has 3 heterocycles. The van der Waals surface area contributed by atoms with E-state index in [1.165, 1.54) is 109 Å². The Balaban J connectivity index is -0.000000285. The average molecular weight is 2550 g/mol. The fraction of sp³-hybridized carbons (Fsp3) is 0.600. The normalized spacial score (nSPS) is 14.9. The topological polar surface area (TPSA) is 541 Å². The van der Waals surface area contributed by atoms with Gasteiger partial charge in [0.15, 0.2) is 12.1 Å². The molecule has 3 fully saturated rings. The first-order valence-corrected chi connectivity index (χ1v) is 39.7. The maximum atomic E-state index is 13.0. The van der Waals surface area contributed by atoms with E-state index >= 15 is 0 Å². The molecule has 0 aliphatic carbocycles. The van der Waals surface area contributed by atoms with E-state index in [1.54, 1.807) is 112 Å². The molecule has 0 saturated carbocycles.